The monoisotopic (exact) mass is 268 g/mol. The van der Waals surface area contributed by atoms with Crippen LogP contribution in [-0.4, -0.2) is 17.0 Å². The van der Waals surface area contributed by atoms with Crippen molar-refractivity contribution >= 4 is 21.7 Å². The van der Waals surface area contributed by atoms with Crippen LogP contribution in [-0.2, 0) is 4.79 Å². The first kappa shape index (κ1) is 10.8. The van der Waals surface area contributed by atoms with Gasteiger partial charge in [-0.3, -0.25) is 4.79 Å². The molecule has 0 unspecified atom stereocenters. The largest absolute Gasteiger partial charge is 0.393 e. The molecule has 1 N–H and O–H groups in total. The molecule has 1 saturated carbocycles. The van der Waals surface area contributed by atoms with Crippen LogP contribution in [0.1, 0.15) is 30.7 Å². The maximum Gasteiger partial charge on any atom is 0.136 e. The van der Waals surface area contributed by atoms with E-state index in [0.29, 0.717) is 19.3 Å². The number of hydrogen-bond acceptors (Lipinski definition) is 2. The van der Waals surface area contributed by atoms with Gasteiger partial charge in [0.2, 0.25) is 0 Å². The summed E-state index contributed by atoms with van der Waals surface area (Å²) in [6.07, 6.45) is 1.14. The van der Waals surface area contributed by atoms with E-state index in [1.165, 1.54) is 0 Å². The molecule has 0 radical (unpaired) electrons. The molecule has 1 fully saturated rings. The van der Waals surface area contributed by atoms with Gasteiger partial charge in [-0.1, -0.05) is 28.1 Å². The molecule has 1 aliphatic rings. The van der Waals surface area contributed by atoms with Gasteiger partial charge in [-0.25, -0.2) is 0 Å². The highest BCUT2D eigenvalue weighted by atomic mass is 79.9. The van der Waals surface area contributed by atoms with Crippen molar-refractivity contribution < 1.29 is 9.90 Å². The zero-order valence-corrected chi connectivity index (χ0v) is 9.90. The summed E-state index contributed by atoms with van der Waals surface area (Å²) in [6.45, 7) is 0. The van der Waals surface area contributed by atoms with Crippen LogP contribution in [0.25, 0.3) is 0 Å². The van der Waals surface area contributed by atoms with Gasteiger partial charge in [0.1, 0.15) is 5.78 Å². The second-order valence-corrected chi connectivity index (χ2v) is 5.00. The summed E-state index contributed by atoms with van der Waals surface area (Å²) in [5.74, 6) is 0.357. The summed E-state index contributed by atoms with van der Waals surface area (Å²) in [5, 5.41) is 9.54. The van der Waals surface area contributed by atoms with Crippen molar-refractivity contribution in [3.63, 3.8) is 0 Å². The molecule has 0 aliphatic heterocycles. The summed E-state index contributed by atoms with van der Waals surface area (Å²) in [6, 6.07) is 7.97. The number of carbonyl (C=O) groups excluding carboxylic acids is 1. The number of aliphatic hydroxyl groups is 1. The lowest BCUT2D eigenvalue weighted by Gasteiger charge is -2.25. The third-order valence-electron chi connectivity index (χ3n) is 2.84. The Labute approximate surface area is 97.4 Å². The van der Waals surface area contributed by atoms with E-state index in [4.69, 9.17) is 0 Å². The Kier molecular flexibility index (Phi) is 3.22. The van der Waals surface area contributed by atoms with Crippen LogP contribution in [0.4, 0.5) is 0 Å². The zero-order chi connectivity index (χ0) is 10.8. The molecule has 0 bridgehead atoms. The molecule has 0 spiro atoms. The molecule has 2 atom stereocenters. The number of benzene rings is 1. The fourth-order valence-corrected chi connectivity index (χ4v) is 2.37. The second-order valence-electron chi connectivity index (χ2n) is 4.08. The average molecular weight is 269 g/mol. The van der Waals surface area contributed by atoms with Gasteiger partial charge < -0.3 is 5.11 Å². The quantitative estimate of drug-likeness (QED) is 0.851. The maximum absolute atomic E-state index is 11.4. The lowest BCUT2D eigenvalue weighted by molar-refractivity contribution is -0.123. The Balaban J connectivity index is 2.16. The minimum Gasteiger partial charge on any atom is -0.393 e. The number of hydrogen-bond donors (Lipinski definition) is 1. The fraction of sp³-hybridized carbons (Fsp3) is 0.417. The molecule has 1 aliphatic carbocycles. The first-order valence-corrected chi connectivity index (χ1v) is 5.89. The highest BCUT2D eigenvalue weighted by molar-refractivity contribution is 9.10. The molecule has 0 aromatic heterocycles. The van der Waals surface area contributed by atoms with Gasteiger partial charge in [-0.15, -0.1) is 0 Å². The van der Waals surface area contributed by atoms with Crippen molar-refractivity contribution in [2.75, 3.05) is 0 Å². The van der Waals surface area contributed by atoms with Crippen LogP contribution in [0.3, 0.4) is 0 Å². The van der Waals surface area contributed by atoms with E-state index in [1.54, 1.807) is 0 Å². The van der Waals surface area contributed by atoms with Gasteiger partial charge in [0.05, 0.1) is 6.10 Å². The highest BCUT2D eigenvalue weighted by Gasteiger charge is 2.26. The molecule has 2 nitrogen and oxygen atoms in total. The van der Waals surface area contributed by atoms with Gasteiger partial charge in [0, 0.05) is 17.3 Å². The van der Waals surface area contributed by atoms with Crippen molar-refractivity contribution in [3.05, 3.63) is 34.3 Å². The number of ketones is 1. The average Bonchev–Trinajstić information content (AvgIpc) is 2.17. The first-order chi connectivity index (χ1) is 7.15. The molecule has 80 valence electrons. The first-order valence-electron chi connectivity index (χ1n) is 5.10. The molecule has 15 heavy (non-hydrogen) atoms. The van der Waals surface area contributed by atoms with Crippen LogP contribution in [0, 0.1) is 0 Å². The molecule has 2 rings (SSSR count). The van der Waals surface area contributed by atoms with E-state index >= 15 is 0 Å². The Morgan fingerprint density at radius 1 is 1.20 bits per heavy atom. The Bertz CT molecular complexity index is 358. The summed E-state index contributed by atoms with van der Waals surface area (Å²) < 4.78 is 1.04. The van der Waals surface area contributed by atoms with Crippen molar-refractivity contribution in [3.8, 4) is 0 Å². The van der Waals surface area contributed by atoms with E-state index in [-0.39, 0.29) is 11.7 Å². The number of rotatable bonds is 1. The molecule has 1 aromatic rings. The van der Waals surface area contributed by atoms with Crippen LogP contribution in [0.15, 0.2) is 28.7 Å². The van der Waals surface area contributed by atoms with Gasteiger partial charge in [-0.2, -0.15) is 0 Å². The third-order valence-corrected chi connectivity index (χ3v) is 3.36. The van der Waals surface area contributed by atoms with Gasteiger partial charge in [0.25, 0.3) is 0 Å². The van der Waals surface area contributed by atoms with E-state index < -0.39 is 6.10 Å². The van der Waals surface area contributed by atoms with E-state index in [2.05, 4.69) is 15.9 Å². The molecular formula is C12H13BrO2. The second kappa shape index (κ2) is 4.45. The molecular weight excluding hydrogens is 256 g/mol. The van der Waals surface area contributed by atoms with Crippen molar-refractivity contribution in [1.29, 1.82) is 0 Å². The summed E-state index contributed by atoms with van der Waals surface area (Å²) in [4.78, 5) is 11.4. The van der Waals surface area contributed by atoms with Crippen LogP contribution in [0.5, 0.6) is 0 Å². The van der Waals surface area contributed by atoms with Crippen molar-refractivity contribution in [2.45, 2.75) is 31.3 Å². The smallest absolute Gasteiger partial charge is 0.136 e. The number of halogens is 1. The Morgan fingerprint density at radius 3 is 2.47 bits per heavy atom. The minimum atomic E-state index is -0.458. The lowest BCUT2D eigenvalue weighted by atomic mass is 9.82. The predicted octanol–water partition coefficient (Wildman–Crippen LogP) is 2.65. The summed E-state index contributed by atoms with van der Waals surface area (Å²) >= 11 is 3.38. The topological polar surface area (TPSA) is 37.3 Å². The molecule has 3 heteroatoms. The van der Waals surface area contributed by atoms with Crippen LogP contribution >= 0.6 is 15.9 Å². The van der Waals surface area contributed by atoms with E-state index in [9.17, 15) is 9.90 Å². The van der Waals surface area contributed by atoms with Crippen molar-refractivity contribution in [2.24, 2.45) is 0 Å². The third kappa shape index (κ3) is 2.67. The predicted molar refractivity (Wildman–Crippen MR) is 61.7 cm³/mol. The van der Waals surface area contributed by atoms with E-state index in [0.717, 1.165) is 10.0 Å². The number of carbonyl (C=O) groups is 1. The van der Waals surface area contributed by atoms with Gasteiger partial charge in [-0.05, 0) is 30.0 Å². The Hall–Kier alpha value is -0.670. The van der Waals surface area contributed by atoms with E-state index in [1.807, 2.05) is 24.3 Å². The summed E-state index contributed by atoms with van der Waals surface area (Å²) in [5.41, 5.74) is 1.14. The lowest BCUT2D eigenvalue weighted by Crippen LogP contribution is -2.25. The highest BCUT2D eigenvalue weighted by Crippen LogP contribution is 2.31. The molecule has 0 heterocycles. The zero-order valence-electron chi connectivity index (χ0n) is 8.32. The normalized spacial score (nSPS) is 26.7. The Morgan fingerprint density at radius 2 is 1.87 bits per heavy atom. The van der Waals surface area contributed by atoms with Gasteiger partial charge in [0.15, 0.2) is 0 Å². The van der Waals surface area contributed by atoms with Crippen molar-refractivity contribution in [1.82, 2.24) is 0 Å². The maximum atomic E-state index is 11.4. The number of aliphatic hydroxyl groups excluding tert-OH is 1. The molecule has 0 amide bonds. The van der Waals surface area contributed by atoms with Crippen LogP contribution in [0.2, 0.25) is 0 Å². The molecule has 1 aromatic carbocycles. The minimum absolute atomic E-state index is 0.168. The number of Topliss-reactive ketones (excluding diaryl/α,β-unsaturated/α-hetero) is 1. The standard InChI is InChI=1S/C12H13BrO2/c13-10-3-1-8(2-4-10)9-5-11(14)7-12(15)6-9/h1-4,9,11,14H,5-7H2/t9-,11-/m1/s1. The fourth-order valence-electron chi connectivity index (χ4n) is 2.10. The summed E-state index contributed by atoms with van der Waals surface area (Å²) in [7, 11) is 0. The SMILES string of the molecule is O=C1C[C@H](O)C[C@@H](c2ccc(Br)cc2)C1. The molecule has 0 saturated heterocycles. The van der Waals surface area contributed by atoms with Gasteiger partial charge >= 0.3 is 0 Å². The van der Waals surface area contributed by atoms with Crippen LogP contribution < -0.4 is 0 Å².